The Bertz CT molecular complexity index is 1070. The fourth-order valence-electron chi connectivity index (χ4n) is 3.97. The second kappa shape index (κ2) is 10.9. The summed E-state index contributed by atoms with van der Waals surface area (Å²) in [5.74, 6) is -2.35. The van der Waals surface area contributed by atoms with Crippen LogP contribution in [0.15, 0.2) is 48.5 Å². The molecule has 5 N–H and O–H groups in total. The van der Waals surface area contributed by atoms with E-state index in [2.05, 4.69) is 10.6 Å². The van der Waals surface area contributed by atoms with Gasteiger partial charge >= 0.3 is 5.97 Å². The molecular formula is C25H30N4O5. The molecule has 1 unspecified atom stereocenters. The molecule has 3 rings (SSSR count). The van der Waals surface area contributed by atoms with E-state index in [4.69, 9.17) is 5.73 Å². The summed E-state index contributed by atoms with van der Waals surface area (Å²) in [5, 5.41) is 15.2. The van der Waals surface area contributed by atoms with E-state index in [1.165, 1.54) is 18.2 Å². The van der Waals surface area contributed by atoms with Crippen LogP contribution in [0.5, 0.6) is 0 Å². The number of carboxylic acid groups (broad SMARTS) is 1. The largest absolute Gasteiger partial charge is 0.481 e. The molecule has 2 aromatic rings. The third kappa shape index (κ3) is 5.99. The van der Waals surface area contributed by atoms with Gasteiger partial charge in [-0.05, 0) is 42.5 Å². The number of benzene rings is 2. The summed E-state index contributed by atoms with van der Waals surface area (Å²) in [5.41, 5.74) is 7.43. The number of fused-ring (bicyclic) bond motifs is 1. The standard InChI is InChI=1S/C25H30N4O5/c1-15(2)12-20(23(32)27-14-16-6-4-3-5-7-16)28-21(10-11-22(30)31)29-24(33)18-9-8-17(26)13-19(18)25(29)34/h3-9,13,15,20-21,28H,10-12,14,26H2,1-2H3,(H,27,32)(H,30,31)/t20-,21?/m0/s1. The topological polar surface area (TPSA) is 142 Å². The fourth-order valence-corrected chi connectivity index (χ4v) is 3.97. The normalized spacial score (nSPS) is 14.7. The maximum Gasteiger partial charge on any atom is 0.303 e. The molecule has 34 heavy (non-hydrogen) atoms. The number of carbonyl (C=O) groups is 4. The summed E-state index contributed by atoms with van der Waals surface area (Å²) in [6.07, 6.45) is -0.874. The number of carboxylic acids is 1. The molecule has 1 aliphatic rings. The van der Waals surface area contributed by atoms with Crippen molar-refractivity contribution in [1.29, 1.82) is 0 Å². The highest BCUT2D eigenvalue weighted by molar-refractivity contribution is 6.22. The summed E-state index contributed by atoms with van der Waals surface area (Å²) in [4.78, 5) is 51.5. The van der Waals surface area contributed by atoms with Crippen molar-refractivity contribution in [2.24, 2.45) is 5.92 Å². The Morgan fingerprint density at radius 2 is 1.71 bits per heavy atom. The van der Waals surface area contributed by atoms with Crippen LogP contribution >= 0.6 is 0 Å². The van der Waals surface area contributed by atoms with Gasteiger partial charge in [-0.3, -0.25) is 29.4 Å². The van der Waals surface area contributed by atoms with Crippen LogP contribution < -0.4 is 16.4 Å². The van der Waals surface area contributed by atoms with Crippen LogP contribution in [-0.2, 0) is 16.1 Å². The van der Waals surface area contributed by atoms with Crippen molar-refractivity contribution in [3.8, 4) is 0 Å². The van der Waals surface area contributed by atoms with Crippen LogP contribution in [-0.4, -0.2) is 45.9 Å². The minimum absolute atomic E-state index is 0.0448. The van der Waals surface area contributed by atoms with Crippen LogP contribution in [0.1, 0.15) is 59.4 Å². The van der Waals surface area contributed by atoms with Crippen molar-refractivity contribution in [3.63, 3.8) is 0 Å². The van der Waals surface area contributed by atoms with E-state index in [9.17, 15) is 24.3 Å². The molecule has 0 spiro atoms. The lowest BCUT2D eigenvalue weighted by atomic mass is 10.0. The quantitative estimate of drug-likeness (QED) is 0.294. The van der Waals surface area contributed by atoms with Gasteiger partial charge in [0, 0.05) is 18.7 Å². The molecule has 2 aromatic carbocycles. The molecule has 0 aromatic heterocycles. The van der Waals surface area contributed by atoms with Gasteiger partial charge in [-0.2, -0.15) is 0 Å². The second-order valence-corrected chi connectivity index (χ2v) is 8.79. The van der Waals surface area contributed by atoms with Crippen LogP contribution in [0.3, 0.4) is 0 Å². The van der Waals surface area contributed by atoms with Gasteiger partial charge in [-0.15, -0.1) is 0 Å². The molecule has 0 saturated heterocycles. The zero-order valence-corrected chi connectivity index (χ0v) is 19.3. The molecule has 0 aliphatic carbocycles. The zero-order valence-electron chi connectivity index (χ0n) is 19.3. The first kappa shape index (κ1) is 24.9. The minimum Gasteiger partial charge on any atom is -0.481 e. The Balaban J connectivity index is 1.82. The minimum atomic E-state index is -1.07. The summed E-state index contributed by atoms with van der Waals surface area (Å²) >= 11 is 0. The van der Waals surface area contributed by atoms with Gasteiger partial charge < -0.3 is 16.2 Å². The lowest BCUT2D eigenvalue weighted by Crippen LogP contribution is -2.56. The van der Waals surface area contributed by atoms with Crippen molar-refractivity contribution in [2.45, 2.75) is 51.9 Å². The molecule has 3 amide bonds. The number of rotatable bonds is 11. The summed E-state index contributed by atoms with van der Waals surface area (Å²) in [6, 6.07) is 13.1. The Morgan fingerprint density at radius 3 is 2.35 bits per heavy atom. The maximum atomic E-state index is 13.1. The summed E-state index contributed by atoms with van der Waals surface area (Å²) in [7, 11) is 0. The van der Waals surface area contributed by atoms with Gasteiger partial charge in [-0.1, -0.05) is 44.2 Å². The number of hydrogen-bond donors (Lipinski definition) is 4. The molecule has 9 nitrogen and oxygen atoms in total. The highest BCUT2D eigenvalue weighted by atomic mass is 16.4. The van der Waals surface area contributed by atoms with Gasteiger partial charge in [0.15, 0.2) is 0 Å². The predicted octanol–water partition coefficient (Wildman–Crippen LogP) is 2.38. The van der Waals surface area contributed by atoms with Gasteiger partial charge in [-0.25, -0.2) is 0 Å². The number of nitrogens with one attached hydrogen (secondary N) is 2. The third-order valence-corrected chi connectivity index (χ3v) is 5.61. The molecule has 2 atom stereocenters. The van der Waals surface area contributed by atoms with Crippen molar-refractivity contribution < 1.29 is 24.3 Å². The number of amides is 3. The average molecular weight is 467 g/mol. The van der Waals surface area contributed by atoms with E-state index >= 15 is 0 Å². The number of nitrogen functional groups attached to an aromatic ring is 1. The number of nitrogens with two attached hydrogens (primary N) is 1. The molecule has 1 aliphatic heterocycles. The zero-order chi connectivity index (χ0) is 24.8. The van der Waals surface area contributed by atoms with Crippen LogP contribution in [0.2, 0.25) is 0 Å². The smallest absolute Gasteiger partial charge is 0.303 e. The first-order valence-corrected chi connectivity index (χ1v) is 11.2. The van der Waals surface area contributed by atoms with Gasteiger partial charge in [0.05, 0.1) is 23.3 Å². The van der Waals surface area contributed by atoms with E-state index < -0.39 is 30.0 Å². The third-order valence-electron chi connectivity index (χ3n) is 5.61. The Hall–Kier alpha value is -3.72. The van der Waals surface area contributed by atoms with E-state index in [0.29, 0.717) is 18.7 Å². The number of anilines is 1. The monoisotopic (exact) mass is 466 g/mol. The SMILES string of the molecule is CC(C)C[C@H](NC(CCC(=O)O)N1C(=O)c2ccc(N)cc2C1=O)C(=O)NCc1ccccc1. The lowest BCUT2D eigenvalue weighted by Gasteiger charge is -2.31. The number of hydrogen-bond acceptors (Lipinski definition) is 6. The molecular weight excluding hydrogens is 436 g/mol. The first-order valence-electron chi connectivity index (χ1n) is 11.2. The Labute approximate surface area is 198 Å². The van der Waals surface area contributed by atoms with Crippen molar-refractivity contribution in [1.82, 2.24) is 15.5 Å². The lowest BCUT2D eigenvalue weighted by molar-refractivity contribution is -0.137. The predicted molar refractivity (Wildman–Crippen MR) is 127 cm³/mol. The number of carbonyl (C=O) groups excluding carboxylic acids is 3. The van der Waals surface area contributed by atoms with Gasteiger partial charge in [0.25, 0.3) is 11.8 Å². The average Bonchev–Trinajstić information content (AvgIpc) is 3.04. The molecule has 0 fully saturated rings. The second-order valence-electron chi connectivity index (χ2n) is 8.79. The van der Waals surface area contributed by atoms with Crippen molar-refractivity contribution in [3.05, 3.63) is 65.2 Å². The Kier molecular flexibility index (Phi) is 8.01. The molecule has 0 saturated carbocycles. The number of aliphatic carboxylic acids is 1. The number of nitrogens with zero attached hydrogens (tertiary/aromatic N) is 1. The van der Waals surface area contributed by atoms with E-state index in [1.807, 2.05) is 44.2 Å². The van der Waals surface area contributed by atoms with Crippen molar-refractivity contribution in [2.75, 3.05) is 5.73 Å². The first-order chi connectivity index (χ1) is 16.2. The van der Waals surface area contributed by atoms with Crippen molar-refractivity contribution >= 4 is 29.4 Å². The van der Waals surface area contributed by atoms with Gasteiger partial charge in [0.2, 0.25) is 5.91 Å². The molecule has 9 heteroatoms. The van der Waals surface area contributed by atoms with E-state index in [1.54, 1.807) is 0 Å². The Morgan fingerprint density at radius 1 is 1.03 bits per heavy atom. The fraction of sp³-hybridized carbons (Fsp3) is 0.360. The maximum absolute atomic E-state index is 13.1. The van der Waals surface area contributed by atoms with Crippen LogP contribution in [0.4, 0.5) is 5.69 Å². The molecule has 1 heterocycles. The summed E-state index contributed by atoms with van der Waals surface area (Å²) in [6.45, 7) is 4.23. The van der Waals surface area contributed by atoms with Gasteiger partial charge in [0.1, 0.15) is 0 Å². The molecule has 0 radical (unpaired) electrons. The van der Waals surface area contributed by atoms with E-state index in [-0.39, 0.29) is 35.8 Å². The van der Waals surface area contributed by atoms with Crippen LogP contribution in [0, 0.1) is 5.92 Å². The highest BCUT2D eigenvalue weighted by Gasteiger charge is 2.41. The highest BCUT2D eigenvalue weighted by Crippen LogP contribution is 2.27. The summed E-state index contributed by atoms with van der Waals surface area (Å²) < 4.78 is 0. The molecule has 0 bridgehead atoms. The van der Waals surface area contributed by atoms with E-state index in [0.717, 1.165) is 10.5 Å². The van der Waals surface area contributed by atoms with Crippen LogP contribution in [0.25, 0.3) is 0 Å². The number of imide groups is 1. The molecule has 180 valence electrons.